The fourth-order valence-corrected chi connectivity index (χ4v) is 1.86. The van der Waals surface area contributed by atoms with E-state index in [1.807, 2.05) is 12.3 Å². The molecule has 1 aliphatic rings. The second kappa shape index (κ2) is 4.86. The summed E-state index contributed by atoms with van der Waals surface area (Å²) in [4.78, 5) is 0. The first kappa shape index (κ1) is 11.3. The second-order valence-electron chi connectivity index (χ2n) is 4.69. The Morgan fingerprint density at radius 3 is 3.06 bits per heavy atom. The van der Waals surface area contributed by atoms with Crippen LogP contribution in [0.1, 0.15) is 24.1 Å². The monoisotopic (exact) mass is 246 g/mol. The van der Waals surface area contributed by atoms with E-state index in [0.29, 0.717) is 12.6 Å². The first-order valence-electron chi connectivity index (χ1n) is 6.16. The fourth-order valence-electron chi connectivity index (χ4n) is 1.86. The van der Waals surface area contributed by atoms with Gasteiger partial charge in [-0.2, -0.15) is 0 Å². The normalized spacial score (nSPS) is 14.9. The summed E-state index contributed by atoms with van der Waals surface area (Å²) in [5.41, 5.74) is 1.82. The Balaban J connectivity index is 1.61. The number of nitrogens with one attached hydrogen (secondary N) is 1. The van der Waals surface area contributed by atoms with Crippen molar-refractivity contribution in [3.8, 4) is 0 Å². The summed E-state index contributed by atoms with van der Waals surface area (Å²) in [6.45, 7) is 1.31. The zero-order chi connectivity index (χ0) is 12.4. The molecule has 1 aromatic heterocycles. The highest BCUT2D eigenvalue weighted by atomic mass is 19.1. The number of benzene rings is 1. The van der Waals surface area contributed by atoms with E-state index in [-0.39, 0.29) is 5.82 Å². The molecule has 2 aromatic rings. The van der Waals surface area contributed by atoms with Crippen LogP contribution in [0.5, 0.6) is 0 Å². The van der Waals surface area contributed by atoms with Gasteiger partial charge in [0.2, 0.25) is 0 Å². The van der Waals surface area contributed by atoms with E-state index >= 15 is 0 Å². The molecule has 1 aromatic carbocycles. The van der Waals surface area contributed by atoms with Gasteiger partial charge in [-0.3, -0.25) is 0 Å². The quantitative estimate of drug-likeness (QED) is 0.873. The van der Waals surface area contributed by atoms with Crippen molar-refractivity contribution >= 4 is 0 Å². The van der Waals surface area contributed by atoms with Gasteiger partial charge in [0.05, 0.1) is 18.4 Å². The maximum atomic E-state index is 13.0. The molecule has 4 nitrogen and oxygen atoms in total. The maximum Gasteiger partial charge on any atom is 0.123 e. The van der Waals surface area contributed by atoms with Gasteiger partial charge in [-0.1, -0.05) is 17.3 Å². The van der Waals surface area contributed by atoms with Gasteiger partial charge in [-0.05, 0) is 30.5 Å². The summed E-state index contributed by atoms with van der Waals surface area (Å²) in [5.74, 6) is -0.219. The average molecular weight is 246 g/mol. The number of halogens is 1. The first-order valence-corrected chi connectivity index (χ1v) is 6.16. The van der Waals surface area contributed by atoms with E-state index in [1.54, 1.807) is 10.7 Å². The lowest BCUT2D eigenvalue weighted by Crippen LogP contribution is -2.15. The zero-order valence-corrected chi connectivity index (χ0v) is 10.0. The van der Waals surface area contributed by atoms with Gasteiger partial charge in [0.25, 0.3) is 0 Å². The van der Waals surface area contributed by atoms with Crippen molar-refractivity contribution in [2.75, 3.05) is 0 Å². The third-order valence-electron chi connectivity index (χ3n) is 2.97. The molecule has 0 amide bonds. The summed E-state index contributed by atoms with van der Waals surface area (Å²) in [6, 6.07) is 7.21. The van der Waals surface area contributed by atoms with E-state index in [2.05, 4.69) is 15.6 Å². The molecule has 0 atom stereocenters. The Kier molecular flexibility index (Phi) is 3.06. The van der Waals surface area contributed by atoms with Crippen molar-refractivity contribution in [3.63, 3.8) is 0 Å². The Labute approximate surface area is 105 Å². The van der Waals surface area contributed by atoms with Gasteiger partial charge in [-0.15, -0.1) is 5.10 Å². The molecule has 1 fully saturated rings. The molecule has 18 heavy (non-hydrogen) atoms. The van der Waals surface area contributed by atoms with Crippen LogP contribution in [0.2, 0.25) is 0 Å². The summed E-state index contributed by atoms with van der Waals surface area (Å²) in [6.07, 6.45) is 4.43. The van der Waals surface area contributed by atoms with E-state index in [4.69, 9.17) is 0 Å². The number of rotatable bonds is 5. The molecule has 1 aliphatic carbocycles. The molecule has 5 heteroatoms. The fraction of sp³-hybridized carbons (Fsp3) is 0.385. The Morgan fingerprint density at radius 1 is 1.39 bits per heavy atom. The van der Waals surface area contributed by atoms with E-state index in [1.165, 1.54) is 25.0 Å². The lowest BCUT2D eigenvalue weighted by atomic mass is 10.2. The minimum atomic E-state index is -0.219. The predicted molar refractivity (Wildman–Crippen MR) is 65.4 cm³/mol. The molecule has 0 unspecified atom stereocenters. The molecule has 0 bridgehead atoms. The molecule has 1 N–H and O–H groups in total. The standard InChI is InChI=1S/C13H15FN4/c14-11-3-1-2-10(6-11)8-18-9-13(16-17-18)7-15-12-4-5-12/h1-3,6,9,12,15H,4-5,7-8H2. The molecular weight excluding hydrogens is 231 g/mol. The van der Waals surface area contributed by atoms with Crippen LogP contribution in [-0.4, -0.2) is 21.0 Å². The van der Waals surface area contributed by atoms with Crippen molar-refractivity contribution < 1.29 is 4.39 Å². The van der Waals surface area contributed by atoms with Crippen LogP contribution in [-0.2, 0) is 13.1 Å². The lowest BCUT2D eigenvalue weighted by molar-refractivity contribution is 0.614. The van der Waals surface area contributed by atoms with Crippen LogP contribution in [0.25, 0.3) is 0 Å². The molecular formula is C13H15FN4. The number of nitrogens with zero attached hydrogens (tertiary/aromatic N) is 3. The number of hydrogen-bond donors (Lipinski definition) is 1. The smallest absolute Gasteiger partial charge is 0.123 e. The van der Waals surface area contributed by atoms with Crippen LogP contribution >= 0.6 is 0 Å². The van der Waals surface area contributed by atoms with Gasteiger partial charge in [0.1, 0.15) is 5.82 Å². The minimum Gasteiger partial charge on any atom is -0.308 e. The topological polar surface area (TPSA) is 42.7 Å². The van der Waals surface area contributed by atoms with Crippen molar-refractivity contribution in [2.24, 2.45) is 0 Å². The average Bonchev–Trinajstić information content (AvgIpc) is 3.08. The van der Waals surface area contributed by atoms with Crippen molar-refractivity contribution in [1.29, 1.82) is 0 Å². The first-order chi connectivity index (χ1) is 8.79. The molecule has 0 radical (unpaired) electrons. The Hall–Kier alpha value is -1.75. The minimum absolute atomic E-state index is 0.219. The van der Waals surface area contributed by atoms with Crippen molar-refractivity contribution in [2.45, 2.75) is 32.0 Å². The van der Waals surface area contributed by atoms with Gasteiger partial charge >= 0.3 is 0 Å². The molecule has 1 saturated carbocycles. The van der Waals surface area contributed by atoms with Gasteiger partial charge in [0.15, 0.2) is 0 Å². The third-order valence-corrected chi connectivity index (χ3v) is 2.97. The number of aromatic nitrogens is 3. The zero-order valence-electron chi connectivity index (χ0n) is 10.0. The second-order valence-corrected chi connectivity index (χ2v) is 4.69. The lowest BCUT2D eigenvalue weighted by Gasteiger charge is -2.00. The SMILES string of the molecule is Fc1cccc(Cn2cc(CNC3CC3)nn2)c1. The highest BCUT2D eigenvalue weighted by molar-refractivity contribution is 5.16. The predicted octanol–water partition coefficient (Wildman–Crippen LogP) is 1.72. The summed E-state index contributed by atoms with van der Waals surface area (Å²) < 4.78 is 14.8. The van der Waals surface area contributed by atoms with Gasteiger partial charge in [0, 0.05) is 12.6 Å². The Morgan fingerprint density at radius 2 is 2.28 bits per heavy atom. The van der Waals surface area contributed by atoms with Crippen LogP contribution in [0.3, 0.4) is 0 Å². The van der Waals surface area contributed by atoms with E-state index in [0.717, 1.165) is 17.8 Å². The molecule has 94 valence electrons. The molecule has 1 heterocycles. The van der Waals surface area contributed by atoms with E-state index in [9.17, 15) is 4.39 Å². The maximum absolute atomic E-state index is 13.0. The van der Waals surface area contributed by atoms with Gasteiger partial charge < -0.3 is 5.32 Å². The van der Waals surface area contributed by atoms with Crippen LogP contribution in [0.15, 0.2) is 30.5 Å². The molecule has 0 aliphatic heterocycles. The summed E-state index contributed by atoms with van der Waals surface area (Å²) in [5, 5.41) is 11.5. The van der Waals surface area contributed by atoms with Crippen molar-refractivity contribution in [3.05, 3.63) is 47.5 Å². The third kappa shape index (κ3) is 2.92. The largest absolute Gasteiger partial charge is 0.308 e. The number of hydrogen-bond acceptors (Lipinski definition) is 3. The summed E-state index contributed by atoms with van der Waals surface area (Å²) in [7, 11) is 0. The molecule has 0 spiro atoms. The summed E-state index contributed by atoms with van der Waals surface area (Å²) >= 11 is 0. The molecule has 0 saturated heterocycles. The van der Waals surface area contributed by atoms with Gasteiger partial charge in [-0.25, -0.2) is 9.07 Å². The van der Waals surface area contributed by atoms with Crippen LogP contribution < -0.4 is 5.32 Å². The van der Waals surface area contributed by atoms with E-state index < -0.39 is 0 Å². The van der Waals surface area contributed by atoms with Crippen molar-refractivity contribution in [1.82, 2.24) is 20.3 Å². The van der Waals surface area contributed by atoms with Crippen LogP contribution in [0.4, 0.5) is 4.39 Å². The Bertz CT molecular complexity index is 533. The highest BCUT2D eigenvalue weighted by Crippen LogP contribution is 2.18. The highest BCUT2D eigenvalue weighted by Gasteiger charge is 2.20. The molecule has 3 rings (SSSR count). The van der Waals surface area contributed by atoms with Crippen LogP contribution in [0, 0.1) is 5.82 Å².